The van der Waals surface area contributed by atoms with Gasteiger partial charge in [0.05, 0.1) is 5.69 Å². The van der Waals surface area contributed by atoms with E-state index in [9.17, 15) is 4.79 Å². The Kier molecular flexibility index (Phi) is 4.19. The molecule has 21 heavy (non-hydrogen) atoms. The number of carbonyl (C=O) groups excluding carboxylic acids is 1. The average Bonchev–Trinajstić information content (AvgIpc) is 2.85. The fourth-order valence-corrected chi connectivity index (χ4v) is 4.53. The van der Waals surface area contributed by atoms with Crippen LogP contribution < -0.4 is 5.73 Å². The molecule has 1 aromatic heterocycles. The van der Waals surface area contributed by atoms with Gasteiger partial charge in [-0.25, -0.2) is 0 Å². The summed E-state index contributed by atoms with van der Waals surface area (Å²) in [7, 11) is 0. The lowest BCUT2D eigenvalue weighted by Crippen LogP contribution is -2.48. The van der Waals surface area contributed by atoms with Crippen LogP contribution in [-0.4, -0.2) is 48.4 Å². The summed E-state index contributed by atoms with van der Waals surface area (Å²) in [6.45, 7) is 6.63. The Morgan fingerprint density at radius 1 is 1.33 bits per heavy atom. The number of amides is 1. The van der Waals surface area contributed by atoms with Crippen molar-refractivity contribution in [3.8, 4) is 0 Å². The van der Waals surface area contributed by atoms with Gasteiger partial charge in [0, 0.05) is 40.7 Å². The largest absolute Gasteiger partial charge is 0.397 e. The molecule has 1 aromatic carbocycles. The third-order valence-corrected chi connectivity index (χ3v) is 5.82. The molecule has 2 aromatic rings. The van der Waals surface area contributed by atoms with E-state index in [1.165, 1.54) is 11.3 Å². The maximum absolute atomic E-state index is 12.7. The molecule has 0 radical (unpaired) electrons. The summed E-state index contributed by atoms with van der Waals surface area (Å²) >= 11 is 5.01. The lowest BCUT2D eigenvalue weighted by atomic mass is 10.2. The Bertz CT molecular complexity index is 677. The molecule has 6 heteroatoms. The number of nitrogen functional groups attached to an aromatic ring is 1. The number of benzene rings is 1. The zero-order valence-corrected chi connectivity index (χ0v) is 14.3. The monoisotopic (exact) mass is 367 g/mol. The third kappa shape index (κ3) is 2.67. The third-order valence-electron chi connectivity index (χ3n) is 4.00. The summed E-state index contributed by atoms with van der Waals surface area (Å²) in [6, 6.07) is 5.93. The number of nitrogens with zero attached hydrogens (tertiary/aromatic N) is 2. The number of hydrogen-bond acceptors (Lipinski definition) is 4. The zero-order chi connectivity index (χ0) is 15.0. The number of thiophene rings is 1. The van der Waals surface area contributed by atoms with Crippen molar-refractivity contribution in [1.82, 2.24) is 9.80 Å². The van der Waals surface area contributed by atoms with Crippen LogP contribution in [0.15, 0.2) is 22.7 Å². The number of rotatable bonds is 2. The molecule has 112 valence electrons. The molecule has 1 fully saturated rings. The normalized spacial score (nSPS) is 16.6. The standard InChI is InChI=1S/C15H18BrN3OS/c1-2-18-6-8-19(9-7-18)15(20)14-13(17)12-10(16)4-3-5-11(12)21-14/h3-5H,2,6-9,17H2,1H3. The summed E-state index contributed by atoms with van der Waals surface area (Å²) in [5.74, 6) is 0.0661. The number of nitrogens with two attached hydrogens (primary N) is 1. The smallest absolute Gasteiger partial charge is 0.266 e. The molecule has 0 spiro atoms. The minimum absolute atomic E-state index is 0.0661. The van der Waals surface area contributed by atoms with Gasteiger partial charge in [-0.3, -0.25) is 4.79 Å². The van der Waals surface area contributed by atoms with Gasteiger partial charge >= 0.3 is 0 Å². The molecule has 1 amide bonds. The molecular formula is C15H18BrN3OS. The van der Waals surface area contributed by atoms with Crippen LogP contribution in [-0.2, 0) is 0 Å². The average molecular weight is 368 g/mol. The van der Waals surface area contributed by atoms with Crippen molar-refractivity contribution in [2.24, 2.45) is 0 Å². The first-order valence-corrected chi connectivity index (χ1v) is 8.71. The summed E-state index contributed by atoms with van der Waals surface area (Å²) in [5.41, 5.74) is 6.83. The summed E-state index contributed by atoms with van der Waals surface area (Å²) < 4.78 is 2.00. The number of carbonyl (C=O) groups is 1. The molecule has 0 aliphatic carbocycles. The first-order valence-electron chi connectivity index (χ1n) is 7.10. The van der Waals surface area contributed by atoms with Crippen molar-refractivity contribution in [2.45, 2.75) is 6.92 Å². The van der Waals surface area contributed by atoms with Crippen LogP contribution in [0.2, 0.25) is 0 Å². The van der Waals surface area contributed by atoms with Crippen molar-refractivity contribution in [3.63, 3.8) is 0 Å². The number of fused-ring (bicyclic) bond motifs is 1. The van der Waals surface area contributed by atoms with E-state index in [2.05, 4.69) is 27.8 Å². The van der Waals surface area contributed by atoms with Gasteiger partial charge < -0.3 is 15.5 Å². The molecule has 1 saturated heterocycles. The van der Waals surface area contributed by atoms with Gasteiger partial charge in [0.1, 0.15) is 4.88 Å². The second kappa shape index (κ2) is 5.94. The summed E-state index contributed by atoms with van der Waals surface area (Å²) in [5, 5.41) is 0.957. The highest BCUT2D eigenvalue weighted by Gasteiger charge is 2.25. The predicted molar refractivity (Wildman–Crippen MR) is 92.0 cm³/mol. The maximum atomic E-state index is 12.7. The molecule has 0 unspecified atom stereocenters. The van der Waals surface area contributed by atoms with Crippen molar-refractivity contribution in [1.29, 1.82) is 0 Å². The van der Waals surface area contributed by atoms with Crippen LogP contribution in [0, 0.1) is 0 Å². The molecule has 2 heterocycles. The predicted octanol–water partition coefficient (Wildman–Crippen LogP) is 3.02. The highest BCUT2D eigenvalue weighted by molar-refractivity contribution is 9.10. The molecular weight excluding hydrogens is 350 g/mol. The van der Waals surface area contributed by atoms with E-state index in [1.807, 2.05) is 23.1 Å². The van der Waals surface area contributed by atoms with Crippen molar-refractivity contribution in [2.75, 3.05) is 38.5 Å². The van der Waals surface area contributed by atoms with E-state index in [1.54, 1.807) is 0 Å². The van der Waals surface area contributed by atoms with Crippen molar-refractivity contribution >= 4 is 48.9 Å². The molecule has 0 saturated carbocycles. The maximum Gasteiger partial charge on any atom is 0.266 e. The number of likely N-dealkylation sites (N-methyl/N-ethyl adjacent to an activating group) is 1. The molecule has 1 aliphatic rings. The molecule has 0 atom stereocenters. The molecule has 3 rings (SSSR count). The lowest BCUT2D eigenvalue weighted by molar-refractivity contribution is 0.0649. The second-order valence-electron chi connectivity index (χ2n) is 5.18. The number of halogens is 1. The molecule has 1 aliphatic heterocycles. The zero-order valence-electron chi connectivity index (χ0n) is 11.9. The van der Waals surface area contributed by atoms with E-state index in [-0.39, 0.29) is 5.91 Å². The van der Waals surface area contributed by atoms with Gasteiger partial charge in [-0.2, -0.15) is 0 Å². The van der Waals surface area contributed by atoms with Crippen LogP contribution in [0.5, 0.6) is 0 Å². The van der Waals surface area contributed by atoms with Gasteiger partial charge in [0.25, 0.3) is 5.91 Å². The van der Waals surface area contributed by atoms with E-state index in [4.69, 9.17) is 5.73 Å². The van der Waals surface area contributed by atoms with E-state index in [0.717, 1.165) is 47.3 Å². The number of anilines is 1. The van der Waals surface area contributed by atoms with Gasteiger partial charge in [-0.05, 0) is 18.7 Å². The van der Waals surface area contributed by atoms with Gasteiger partial charge in [0.15, 0.2) is 0 Å². The minimum atomic E-state index is 0.0661. The lowest BCUT2D eigenvalue weighted by Gasteiger charge is -2.33. The van der Waals surface area contributed by atoms with Gasteiger partial charge in [-0.1, -0.05) is 28.9 Å². The quantitative estimate of drug-likeness (QED) is 0.887. The van der Waals surface area contributed by atoms with Gasteiger partial charge in [-0.15, -0.1) is 11.3 Å². The molecule has 0 bridgehead atoms. The first kappa shape index (κ1) is 14.8. The highest BCUT2D eigenvalue weighted by atomic mass is 79.9. The highest BCUT2D eigenvalue weighted by Crippen LogP contribution is 2.38. The molecule has 2 N–H and O–H groups in total. The second-order valence-corrected chi connectivity index (χ2v) is 7.09. The molecule has 4 nitrogen and oxygen atoms in total. The fraction of sp³-hybridized carbons (Fsp3) is 0.400. The summed E-state index contributed by atoms with van der Waals surface area (Å²) in [6.07, 6.45) is 0. The minimum Gasteiger partial charge on any atom is -0.397 e. The Labute approximate surface area is 136 Å². The van der Waals surface area contributed by atoms with Crippen LogP contribution >= 0.6 is 27.3 Å². The Hall–Kier alpha value is -1.11. The van der Waals surface area contributed by atoms with Crippen LogP contribution in [0.3, 0.4) is 0 Å². The number of hydrogen-bond donors (Lipinski definition) is 1. The van der Waals surface area contributed by atoms with Crippen LogP contribution in [0.1, 0.15) is 16.6 Å². The van der Waals surface area contributed by atoms with Crippen molar-refractivity contribution in [3.05, 3.63) is 27.5 Å². The Balaban J connectivity index is 1.89. The van der Waals surface area contributed by atoms with Crippen LogP contribution in [0.25, 0.3) is 10.1 Å². The van der Waals surface area contributed by atoms with E-state index in [0.29, 0.717) is 10.6 Å². The van der Waals surface area contributed by atoms with E-state index >= 15 is 0 Å². The summed E-state index contributed by atoms with van der Waals surface area (Å²) in [4.78, 5) is 17.7. The fourth-order valence-electron chi connectivity index (χ4n) is 2.70. The Morgan fingerprint density at radius 3 is 2.67 bits per heavy atom. The van der Waals surface area contributed by atoms with Gasteiger partial charge in [0.2, 0.25) is 0 Å². The first-order chi connectivity index (χ1) is 10.1. The number of piperazine rings is 1. The SMILES string of the molecule is CCN1CCN(C(=O)c2sc3cccc(Br)c3c2N)CC1. The van der Waals surface area contributed by atoms with E-state index < -0.39 is 0 Å². The van der Waals surface area contributed by atoms with Crippen LogP contribution in [0.4, 0.5) is 5.69 Å². The van der Waals surface area contributed by atoms with Crippen molar-refractivity contribution < 1.29 is 4.79 Å². The topological polar surface area (TPSA) is 49.6 Å². The Morgan fingerprint density at radius 2 is 2.05 bits per heavy atom.